The van der Waals surface area contributed by atoms with Gasteiger partial charge >= 0.3 is 0 Å². The predicted octanol–water partition coefficient (Wildman–Crippen LogP) is 3.26. The maximum atomic E-state index is 12.7. The number of quaternary nitrogens is 1. The van der Waals surface area contributed by atoms with Gasteiger partial charge in [0.2, 0.25) is 0 Å². The Morgan fingerprint density at radius 3 is 2.69 bits per heavy atom. The van der Waals surface area contributed by atoms with E-state index in [0.29, 0.717) is 12.6 Å². The second-order valence-electron chi connectivity index (χ2n) is 8.09. The predicted molar refractivity (Wildman–Crippen MR) is 119 cm³/mol. The van der Waals surface area contributed by atoms with Crippen molar-refractivity contribution in [3.05, 3.63) is 53.5 Å². The molecule has 2 saturated heterocycles. The van der Waals surface area contributed by atoms with E-state index in [1.54, 1.807) is 11.3 Å². The summed E-state index contributed by atoms with van der Waals surface area (Å²) in [6.07, 6.45) is 4.79. The second-order valence-corrected chi connectivity index (χ2v) is 9.15. The Bertz CT molecular complexity index is 961. The molecule has 2 atom stereocenters. The van der Waals surface area contributed by atoms with Crippen LogP contribution in [-0.4, -0.2) is 37.1 Å². The Kier molecular flexibility index (Phi) is 5.21. The molecule has 29 heavy (non-hydrogen) atoms. The van der Waals surface area contributed by atoms with E-state index >= 15 is 0 Å². The largest absolute Gasteiger partial charge is 0.372 e. The van der Waals surface area contributed by atoms with Crippen LogP contribution in [0.3, 0.4) is 0 Å². The van der Waals surface area contributed by atoms with Crippen molar-refractivity contribution in [1.29, 1.82) is 0 Å². The Hall–Kier alpha value is -2.44. The molecule has 1 amide bonds. The summed E-state index contributed by atoms with van der Waals surface area (Å²) in [6.45, 7) is 3.80. The number of anilines is 2. The van der Waals surface area contributed by atoms with Crippen LogP contribution in [0, 0.1) is 0 Å². The van der Waals surface area contributed by atoms with Gasteiger partial charge in [-0.1, -0.05) is 12.1 Å². The molecule has 0 radical (unpaired) electrons. The molecule has 1 aromatic heterocycles. The van der Waals surface area contributed by atoms with Crippen molar-refractivity contribution in [2.75, 3.05) is 36.4 Å². The Balaban J connectivity index is 1.22. The minimum atomic E-state index is 0.0851. The first-order valence-electron chi connectivity index (χ1n) is 10.6. The number of hydrogen-bond donors (Lipinski definition) is 2. The number of para-hydroxylation sites is 1. The molecule has 0 saturated carbocycles. The summed E-state index contributed by atoms with van der Waals surface area (Å²) in [6, 6.07) is 16.9. The van der Waals surface area contributed by atoms with Gasteiger partial charge in [-0.2, -0.15) is 0 Å². The Labute approximate surface area is 175 Å². The summed E-state index contributed by atoms with van der Waals surface area (Å²) < 4.78 is 1.23. The van der Waals surface area contributed by atoms with Crippen LogP contribution < -0.4 is 15.1 Å². The lowest BCUT2D eigenvalue weighted by Crippen LogP contribution is -3.11. The lowest BCUT2D eigenvalue weighted by molar-refractivity contribution is -0.910. The number of aromatic nitrogens is 1. The Morgan fingerprint density at radius 2 is 1.90 bits per heavy atom. The minimum absolute atomic E-state index is 0.0851. The van der Waals surface area contributed by atoms with Gasteiger partial charge in [-0.15, -0.1) is 11.3 Å². The highest BCUT2D eigenvalue weighted by molar-refractivity contribution is 7.18. The number of carbonyl (C=O) groups is 1. The lowest BCUT2D eigenvalue weighted by atomic mass is 10.2. The highest BCUT2D eigenvalue weighted by Gasteiger charge is 2.34. The summed E-state index contributed by atoms with van der Waals surface area (Å²) in [5, 5.41) is 4.26. The van der Waals surface area contributed by atoms with Crippen LogP contribution in [0.25, 0.3) is 10.2 Å². The SMILES string of the molecule is O=C(C[NH+]1CCC[C@@H]1c1nc2ccccc2s1)Nc1ccc(N2CCCC2)cc1. The van der Waals surface area contributed by atoms with E-state index in [9.17, 15) is 4.79 Å². The molecular weight excluding hydrogens is 380 g/mol. The minimum Gasteiger partial charge on any atom is -0.372 e. The molecule has 2 aliphatic rings. The molecule has 0 spiro atoms. The molecule has 2 N–H and O–H groups in total. The maximum absolute atomic E-state index is 12.7. The summed E-state index contributed by atoms with van der Waals surface area (Å²) in [5.41, 5.74) is 3.20. The number of nitrogens with zero attached hydrogens (tertiary/aromatic N) is 2. The fourth-order valence-electron chi connectivity index (χ4n) is 4.60. The van der Waals surface area contributed by atoms with Crippen molar-refractivity contribution < 1.29 is 9.69 Å². The molecule has 5 nitrogen and oxygen atoms in total. The highest BCUT2D eigenvalue weighted by Crippen LogP contribution is 2.28. The molecule has 2 aliphatic heterocycles. The number of fused-ring (bicyclic) bond motifs is 1. The third kappa shape index (κ3) is 4.00. The normalized spacial score (nSPS) is 21.7. The van der Waals surface area contributed by atoms with E-state index in [1.807, 2.05) is 18.2 Å². The highest BCUT2D eigenvalue weighted by atomic mass is 32.1. The van der Waals surface area contributed by atoms with E-state index in [-0.39, 0.29) is 5.91 Å². The summed E-state index contributed by atoms with van der Waals surface area (Å²) in [4.78, 5) is 21.3. The third-order valence-corrected chi connectivity index (χ3v) is 7.25. The van der Waals surface area contributed by atoms with E-state index in [1.165, 1.54) is 33.1 Å². The fraction of sp³-hybridized carbons (Fsp3) is 0.391. The third-order valence-electron chi connectivity index (χ3n) is 6.10. The van der Waals surface area contributed by atoms with Crippen LogP contribution in [0.4, 0.5) is 11.4 Å². The fourth-order valence-corrected chi connectivity index (χ4v) is 5.76. The number of amides is 1. The van der Waals surface area contributed by atoms with Crippen LogP contribution in [0.15, 0.2) is 48.5 Å². The van der Waals surface area contributed by atoms with Crippen molar-refractivity contribution in [3.63, 3.8) is 0 Å². The van der Waals surface area contributed by atoms with Crippen LogP contribution in [0.5, 0.6) is 0 Å². The Morgan fingerprint density at radius 1 is 1.10 bits per heavy atom. The number of carbonyl (C=O) groups excluding carboxylic acids is 1. The quantitative estimate of drug-likeness (QED) is 0.683. The zero-order valence-electron chi connectivity index (χ0n) is 16.6. The van der Waals surface area contributed by atoms with Gasteiger partial charge < -0.3 is 15.1 Å². The van der Waals surface area contributed by atoms with E-state index < -0.39 is 0 Å². The molecule has 1 unspecified atom stereocenters. The smallest absolute Gasteiger partial charge is 0.279 e. The van der Waals surface area contributed by atoms with Gasteiger partial charge in [0.25, 0.3) is 5.91 Å². The summed E-state index contributed by atoms with van der Waals surface area (Å²) in [5.74, 6) is 0.0851. The second kappa shape index (κ2) is 8.13. The molecule has 0 aliphatic carbocycles. The zero-order valence-corrected chi connectivity index (χ0v) is 17.4. The van der Waals surface area contributed by atoms with E-state index in [0.717, 1.165) is 43.7 Å². The monoisotopic (exact) mass is 407 g/mol. The van der Waals surface area contributed by atoms with Gasteiger partial charge in [-0.05, 0) is 49.2 Å². The van der Waals surface area contributed by atoms with Crippen molar-refractivity contribution >= 4 is 38.8 Å². The zero-order chi connectivity index (χ0) is 19.6. The molecule has 6 heteroatoms. The molecule has 5 rings (SSSR count). The van der Waals surface area contributed by atoms with Crippen molar-refractivity contribution in [2.24, 2.45) is 0 Å². The van der Waals surface area contributed by atoms with Crippen molar-refractivity contribution in [2.45, 2.75) is 31.7 Å². The molecule has 150 valence electrons. The molecule has 2 aromatic carbocycles. The van der Waals surface area contributed by atoms with Crippen molar-refractivity contribution in [3.8, 4) is 0 Å². The number of likely N-dealkylation sites (tertiary alicyclic amines) is 1. The van der Waals surface area contributed by atoms with Crippen molar-refractivity contribution in [1.82, 2.24) is 4.98 Å². The van der Waals surface area contributed by atoms with Crippen LogP contribution >= 0.6 is 11.3 Å². The first kappa shape index (κ1) is 18.6. The first-order valence-corrected chi connectivity index (χ1v) is 11.4. The van der Waals surface area contributed by atoms with Gasteiger partial charge in [0.05, 0.1) is 16.8 Å². The van der Waals surface area contributed by atoms with Crippen LogP contribution in [0.2, 0.25) is 0 Å². The lowest BCUT2D eigenvalue weighted by Gasteiger charge is -2.20. The van der Waals surface area contributed by atoms with E-state index in [4.69, 9.17) is 4.98 Å². The number of rotatable bonds is 5. The number of benzene rings is 2. The summed E-state index contributed by atoms with van der Waals surface area (Å²) >= 11 is 1.77. The van der Waals surface area contributed by atoms with Crippen LogP contribution in [0.1, 0.15) is 36.7 Å². The van der Waals surface area contributed by atoms with Gasteiger partial charge in [0.15, 0.2) is 11.6 Å². The number of thiazole rings is 1. The summed E-state index contributed by atoms with van der Waals surface area (Å²) in [7, 11) is 0. The topological polar surface area (TPSA) is 49.7 Å². The molecular formula is C23H27N4OS+. The number of hydrogen-bond acceptors (Lipinski definition) is 4. The maximum Gasteiger partial charge on any atom is 0.279 e. The average molecular weight is 408 g/mol. The van der Waals surface area contributed by atoms with Gasteiger partial charge in [0.1, 0.15) is 6.04 Å². The van der Waals surface area contributed by atoms with Gasteiger partial charge in [0, 0.05) is 37.3 Å². The van der Waals surface area contributed by atoms with Crippen LogP contribution in [-0.2, 0) is 4.79 Å². The van der Waals surface area contributed by atoms with Gasteiger partial charge in [-0.3, -0.25) is 4.79 Å². The number of nitrogens with one attached hydrogen (secondary N) is 2. The average Bonchev–Trinajstić information content (AvgIpc) is 3.48. The molecule has 3 aromatic rings. The first-order chi connectivity index (χ1) is 14.3. The van der Waals surface area contributed by atoms with E-state index in [2.05, 4.69) is 40.5 Å². The molecule has 3 heterocycles. The van der Waals surface area contributed by atoms with Gasteiger partial charge in [-0.25, -0.2) is 4.98 Å². The molecule has 2 fully saturated rings. The molecule has 0 bridgehead atoms. The standard InChI is InChI=1S/C23H26N4OS/c28-22(24-17-9-11-18(12-10-17)26-13-3-4-14-26)16-27-15-5-7-20(27)23-25-19-6-1-2-8-21(19)29-23/h1-2,6,8-12,20H,3-5,7,13-16H2,(H,24,28)/p+1/t20-/m1/s1.